The lowest BCUT2D eigenvalue weighted by molar-refractivity contribution is -0.142. The van der Waals surface area contributed by atoms with Gasteiger partial charge in [0.1, 0.15) is 41.7 Å². The SMILES string of the molecule is C[C@@H](NC(=O)[C@@H](N)Cc1ccc(O)cc1)C(=O)N[C@@H](Cc1ccccc1)C(=O)NCC(=O)N[C@@H](Cc1ccc(O)cc1)C(=O)N1C[C@H](O)C[C@@H]1C(=O)N[C@@H](CO)C(N)=O. The first-order chi connectivity index (χ1) is 28.0. The van der Waals surface area contributed by atoms with Gasteiger partial charge in [-0.2, -0.15) is 0 Å². The molecule has 59 heavy (non-hydrogen) atoms. The third kappa shape index (κ3) is 13.5. The number of aliphatic hydroxyl groups excluding tert-OH is 2. The van der Waals surface area contributed by atoms with Crippen LogP contribution < -0.4 is 38.1 Å². The Bertz CT molecular complexity index is 1950. The summed E-state index contributed by atoms with van der Waals surface area (Å²) in [4.78, 5) is 92.9. The minimum Gasteiger partial charge on any atom is -0.508 e. The number of hydrogen-bond donors (Lipinski definition) is 11. The van der Waals surface area contributed by atoms with Crippen molar-refractivity contribution in [1.29, 1.82) is 0 Å². The summed E-state index contributed by atoms with van der Waals surface area (Å²) in [5.74, 6) is -5.64. The van der Waals surface area contributed by atoms with Gasteiger partial charge in [0.05, 0.1) is 25.3 Å². The number of phenols is 2. The third-order valence-electron chi connectivity index (χ3n) is 9.54. The number of aliphatic hydroxyl groups is 2. The summed E-state index contributed by atoms with van der Waals surface area (Å²) in [6, 6.07) is 13.1. The first kappa shape index (κ1) is 45.1. The molecule has 0 aliphatic carbocycles. The molecule has 13 N–H and O–H groups in total. The van der Waals surface area contributed by atoms with E-state index in [-0.39, 0.29) is 43.7 Å². The van der Waals surface area contributed by atoms with Gasteiger partial charge in [0, 0.05) is 25.8 Å². The van der Waals surface area contributed by atoms with Gasteiger partial charge < -0.3 is 63.4 Å². The summed E-state index contributed by atoms with van der Waals surface area (Å²) in [7, 11) is 0. The molecule has 0 aromatic heterocycles. The number of primary amides is 1. The normalized spacial score (nSPS) is 17.3. The lowest BCUT2D eigenvalue weighted by atomic mass is 10.0. The maximum absolute atomic E-state index is 14.0. The van der Waals surface area contributed by atoms with Gasteiger partial charge in [-0.05, 0) is 54.3 Å². The molecule has 3 aromatic rings. The molecular weight excluding hydrogens is 768 g/mol. The Morgan fingerprint density at radius 3 is 1.85 bits per heavy atom. The maximum Gasteiger partial charge on any atom is 0.246 e. The molecule has 0 unspecified atom stereocenters. The summed E-state index contributed by atoms with van der Waals surface area (Å²) in [5, 5.41) is 51.6. The molecule has 1 fully saturated rings. The fourth-order valence-corrected chi connectivity index (χ4v) is 6.30. The molecule has 19 nitrogen and oxygen atoms in total. The standard InChI is InChI=1S/C40H50N8O11/c1-22(44-37(56)29(41)15-24-7-11-26(50)12-8-24)36(55)46-30(16-23-5-3-2-4-6-23)38(57)43-19-34(53)45-31(17-25-9-13-27(51)14-10-25)40(59)48-20-28(52)18-33(48)39(58)47-32(21-49)35(42)54/h2-14,22,28-33,49-52H,15-21,41H2,1H3,(H2,42,54)(H,43,57)(H,44,56)(H,45,53)(H,46,55)(H,47,58)/t22-,28-,29+,30+,31+,32+,33-/m1/s1. The van der Waals surface area contributed by atoms with Crippen LogP contribution in [-0.4, -0.2) is 129 Å². The Kier molecular flexibility index (Phi) is 16.3. The largest absolute Gasteiger partial charge is 0.508 e. The van der Waals surface area contributed by atoms with E-state index < -0.39 is 96.9 Å². The van der Waals surface area contributed by atoms with Gasteiger partial charge in [0.2, 0.25) is 41.4 Å². The van der Waals surface area contributed by atoms with Crippen LogP contribution in [0.15, 0.2) is 78.9 Å². The molecule has 7 amide bonds. The first-order valence-corrected chi connectivity index (χ1v) is 18.8. The van der Waals surface area contributed by atoms with Gasteiger partial charge in [-0.3, -0.25) is 33.6 Å². The number of aromatic hydroxyl groups is 2. The molecule has 0 spiro atoms. The number of rotatable bonds is 19. The highest BCUT2D eigenvalue weighted by Crippen LogP contribution is 2.21. The number of likely N-dealkylation sites (tertiary alicyclic amines) is 1. The summed E-state index contributed by atoms with van der Waals surface area (Å²) < 4.78 is 0. The average Bonchev–Trinajstić information content (AvgIpc) is 3.61. The quantitative estimate of drug-likeness (QED) is 0.0576. The predicted octanol–water partition coefficient (Wildman–Crippen LogP) is -3.03. The highest BCUT2D eigenvalue weighted by atomic mass is 16.3. The van der Waals surface area contributed by atoms with E-state index in [2.05, 4.69) is 26.6 Å². The van der Waals surface area contributed by atoms with Gasteiger partial charge in [0.15, 0.2) is 0 Å². The van der Waals surface area contributed by atoms with Crippen LogP contribution in [0.4, 0.5) is 0 Å². The van der Waals surface area contributed by atoms with E-state index in [1.807, 2.05) is 0 Å². The van der Waals surface area contributed by atoms with Crippen molar-refractivity contribution >= 4 is 41.4 Å². The Balaban J connectivity index is 1.44. The van der Waals surface area contributed by atoms with Crippen molar-refractivity contribution in [2.24, 2.45) is 11.5 Å². The van der Waals surface area contributed by atoms with E-state index >= 15 is 0 Å². The van der Waals surface area contributed by atoms with Crippen LogP contribution >= 0.6 is 0 Å². The second-order valence-electron chi connectivity index (χ2n) is 14.2. The van der Waals surface area contributed by atoms with E-state index in [0.29, 0.717) is 16.7 Å². The van der Waals surface area contributed by atoms with Crippen molar-refractivity contribution in [3.05, 3.63) is 95.6 Å². The molecule has 1 saturated heterocycles. The molecule has 316 valence electrons. The first-order valence-electron chi connectivity index (χ1n) is 18.8. The van der Waals surface area contributed by atoms with Crippen LogP contribution in [0.1, 0.15) is 30.0 Å². The van der Waals surface area contributed by atoms with Crippen LogP contribution in [0.3, 0.4) is 0 Å². The molecule has 1 heterocycles. The van der Waals surface area contributed by atoms with E-state index in [4.69, 9.17) is 11.5 Å². The van der Waals surface area contributed by atoms with Crippen molar-refractivity contribution < 1.29 is 54.0 Å². The minimum atomic E-state index is -1.45. The third-order valence-corrected chi connectivity index (χ3v) is 9.54. The van der Waals surface area contributed by atoms with Crippen molar-refractivity contribution in [2.75, 3.05) is 19.7 Å². The van der Waals surface area contributed by atoms with Gasteiger partial charge in [-0.15, -0.1) is 0 Å². The Hall–Kier alpha value is -6.57. The molecule has 19 heteroatoms. The van der Waals surface area contributed by atoms with Crippen molar-refractivity contribution in [3.63, 3.8) is 0 Å². The number of β-amino-alcohol motifs (C(OH)–C–C–N with tert-alkyl or cyclic N) is 1. The molecule has 0 saturated carbocycles. The van der Waals surface area contributed by atoms with Gasteiger partial charge in [0.25, 0.3) is 0 Å². The van der Waals surface area contributed by atoms with Crippen molar-refractivity contribution in [1.82, 2.24) is 31.5 Å². The number of phenolic OH excluding ortho intramolecular Hbond substituents is 2. The van der Waals surface area contributed by atoms with E-state index in [9.17, 15) is 54.0 Å². The molecule has 0 radical (unpaired) electrons. The zero-order valence-electron chi connectivity index (χ0n) is 32.2. The maximum atomic E-state index is 14.0. The van der Waals surface area contributed by atoms with Crippen molar-refractivity contribution in [2.45, 2.75) is 75.0 Å². The summed E-state index contributed by atoms with van der Waals surface area (Å²) in [5.41, 5.74) is 13.1. The number of nitrogens with one attached hydrogen (secondary N) is 5. The Morgan fingerprint density at radius 2 is 1.27 bits per heavy atom. The van der Waals surface area contributed by atoms with Crippen LogP contribution in [0.2, 0.25) is 0 Å². The molecule has 1 aliphatic heterocycles. The average molecular weight is 819 g/mol. The van der Waals surface area contributed by atoms with Crippen LogP contribution in [-0.2, 0) is 52.8 Å². The number of carbonyl (C=O) groups is 7. The summed E-state index contributed by atoms with van der Waals surface area (Å²) >= 11 is 0. The molecule has 4 rings (SSSR count). The minimum absolute atomic E-state index is 0.00331. The topological polar surface area (TPSA) is 316 Å². The van der Waals surface area contributed by atoms with E-state index in [1.165, 1.54) is 43.3 Å². The monoisotopic (exact) mass is 818 g/mol. The Morgan fingerprint density at radius 1 is 0.712 bits per heavy atom. The number of benzene rings is 3. The zero-order chi connectivity index (χ0) is 43.2. The lowest BCUT2D eigenvalue weighted by Gasteiger charge is -2.29. The number of nitrogens with zero attached hydrogens (tertiary/aromatic N) is 1. The highest BCUT2D eigenvalue weighted by Gasteiger charge is 2.42. The van der Waals surface area contributed by atoms with Crippen LogP contribution in [0.5, 0.6) is 11.5 Å². The lowest BCUT2D eigenvalue weighted by Crippen LogP contribution is -2.58. The zero-order valence-corrected chi connectivity index (χ0v) is 32.2. The molecule has 3 aromatic carbocycles. The Labute approximate surface area is 339 Å². The van der Waals surface area contributed by atoms with Crippen LogP contribution in [0.25, 0.3) is 0 Å². The van der Waals surface area contributed by atoms with E-state index in [1.54, 1.807) is 42.5 Å². The fraction of sp³-hybridized carbons (Fsp3) is 0.375. The number of carbonyl (C=O) groups excluding carboxylic acids is 7. The molecule has 1 aliphatic rings. The number of amides is 7. The van der Waals surface area contributed by atoms with Crippen LogP contribution in [0, 0.1) is 0 Å². The fourth-order valence-electron chi connectivity index (χ4n) is 6.30. The smallest absolute Gasteiger partial charge is 0.246 e. The van der Waals surface area contributed by atoms with Crippen molar-refractivity contribution in [3.8, 4) is 11.5 Å². The number of nitrogens with two attached hydrogens (primary N) is 2. The van der Waals surface area contributed by atoms with Gasteiger partial charge >= 0.3 is 0 Å². The summed E-state index contributed by atoms with van der Waals surface area (Å²) in [6.45, 7) is -0.368. The van der Waals surface area contributed by atoms with Gasteiger partial charge in [-0.1, -0.05) is 54.6 Å². The predicted molar refractivity (Wildman–Crippen MR) is 211 cm³/mol. The van der Waals surface area contributed by atoms with Gasteiger partial charge in [-0.25, -0.2) is 0 Å². The molecule has 7 atom stereocenters. The second kappa shape index (κ2) is 21.3. The summed E-state index contributed by atoms with van der Waals surface area (Å²) in [6.07, 6.45) is -1.38. The molecular formula is C40H50N8O11. The highest BCUT2D eigenvalue weighted by molar-refractivity contribution is 5.96. The number of hydrogen-bond acceptors (Lipinski definition) is 12. The second-order valence-corrected chi connectivity index (χ2v) is 14.2. The molecule has 0 bridgehead atoms. The van der Waals surface area contributed by atoms with E-state index in [0.717, 1.165) is 4.90 Å².